The van der Waals surface area contributed by atoms with E-state index in [2.05, 4.69) is 5.32 Å². The lowest BCUT2D eigenvalue weighted by atomic mass is 10.2. The number of nitrogens with zero attached hydrogens (tertiary/aromatic N) is 1. The SMILES string of the molecule is O=C(O)C1CSCN1C(=O)Nc1ccc(C(F)(F)F)cc1. The van der Waals surface area contributed by atoms with Crippen LogP contribution in [0.3, 0.4) is 0 Å². The first kappa shape index (κ1) is 15.5. The predicted molar refractivity (Wildman–Crippen MR) is 71.1 cm³/mol. The molecule has 2 amide bonds. The Labute approximate surface area is 122 Å². The molecular weight excluding hydrogens is 309 g/mol. The normalized spacial score (nSPS) is 18.6. The summed E-state index contributed by atoms with van der Waals surface area (Å²) in [6, 6.07) is 2.38. The van der Waals surface area contributed by atoms with Gasteiger partial charge >= 0.3 is 18.2 Å². The smallest absolute Gasteiger partial charge is 0.416 e. The van der Waals surface area contributed by atoms with Gasteiger partial charge in [0.05, 0.1) is 11.4 Å². The minimum absolute atomic E-state index is 0.175. The van der Waals surface area contributed by atoms with E-state index in [-0.39, 0.29) is 17.3 Å². The average molecular weight is 320 g/mol. The highest BCUT2D eigenvalue weighted by atomic mass is 32.2. The summed E-state index contributed by atoms with van der Waals surface area (Å²) >= 11 is 1.30. The number of aliphatic carboxylic acids is 1. The van der Waals surface area contributed by atoms with Crippen LogP contribution in [0.5, 0.6) is 0 Å². The Kier molecular flexibility index (Phi) is 4.31. The Bertz CT molecular complexity index is 548. The molecule has 1 saturated heterocycles. The molecule has 1 aromatic carbocycles. The summed E-state index contributed by atoms with van der Waals surface area (Å²) < 4.78 is 37.2. The molecule has 0 spiro atoms. The summed E-state index contributed by atoms with van der Waals surface area (Å²) in [5, 5.41) is 11.4. The van der Waals surface area contributed by atoms with Crippen molar-refractivity contribution in [2.24, 2.45) is 0 Å². The van der Waals surface area contributed by atoms with Gasteiger partial charge in [-0.05, 0) is 24.3 Å². The lowest BCUT2D eigenvalue weighted by Gasteiger charge is -2.21. The van der Waals surface area contributed by atoms with Gasteiger partial charge in [-0.2, -0.15) is 13.2 Å². The summed E-state index contributed by atoms with van der Waals surface area (Å²) in [6.45, 7) is 0. The number of carboxylic acid groups (broad SMARTS) is 1. The van der Waals surface area contributed by atoms with Gasteiger partial charge in [0, 0.05) is 11.4 Å². The number of alkyl halides is 3. The highest BCUT2D eigenvalue weighted by Crippen LogP contribution is 2.30. The van der Waals surface area contributed by atoms with E-state index in [1.165, 1.54) is 11.8 Å². The van der Waals surface area contributed by atoms with Crippen molar-refractivity contribution in [1.29, 1.82) is 0 Å². The molecule has 5 nitrogen and oxygen atoms in total. The van der Waals surface area contributed by atoms with Gasteiger partial charge < -0.3 is 15.3 Å². The van der Waals surface area contributed by atoms with Gasteiger partial charge in [0.2, 0.25) is 0 Å². The maximum absolute atomic E-state index is 12.4. The lowest BCUT2D eigenvalue weighted by molar-refractivity contribution is -0.140. The minimum atomic E-state index is -4.44. The first-order valence-corrected chi connectivity index (χ1v) is 7.00. The lowest BCUT2D eigenvalue weighted by Crippen LogP contribution is -2.43. The van der Waals surface area contributed by atoms with Crippen LogP contribution in [-0.4, -0.2) is 39.7 Å². The van der Waals surface area contributed by atoms with Gasteiger partial charge in [0.15, 0.2) is 0 Å². The second-order valence-electron chi connectivity index (χ2n) is 4.33. The molecule has 1 aromatic rings. The average Bonchev–Trinajstić information content (AvgIpc) is 2.87. The van der Waals surface area contributed by atoms with Crippen LogP contribution in [0.2, 0.25) is 0 Å². The number of anilines is 1. The van der Waals surface area contributed by atoms with Crippen molar-refractivity contribution in [1.82, 2.24) is 4.90 Å². The molecule has 2 N–H and O–H groups in total. The van der Waals surface area contributed by atoms with Crippen molar-refractivity contribution in [2.75, 3.05) is 16.9 Å². The molecule has 0 saturated carbocycles. The van der Waals surface area contributed by atoms with Crippen LogP contribution in [0, 0.1) is 0 Å². The quantitative estimate of drug-likeness (QED) is 0.879. The van der Waals surface area contributed by atoms with Crippen molar-refractivity contribution in [2.45, 2.75) is 12.2 Å². The first-order valence-electron chi connectivity index (χ1n) is 5.84. The fourth-order valence-electron chi connectivity index (χ4n) is 1.79. The van der Waals surface area contributed by atoms with Crippen molar-refractivity contribution < 1.29 is 27.9 Å². The van der Waals surface area contributed by atoms with Gasteiger partial charge in [-0.1, -0.05) is 0 Å². The monoisotopic (exact) mass is 320 g/mol. The molecule has 21 heavy (non-hydrogen) atoms. The number of rotatable bonds is 2. The van der Waals surface area contributed by atoms with Crippen LogP contribution < -0.4 is 5.32 Å². The Balaban J connectivity index is 2.04. The Morgan fingerprint density at radius 1 is 1.29 bits per heavy atom. The summed E-state index contributed by atoms with van der Waals surface area (Å²) in [6.07, 6.45) is -4.44. The number of nitrogens with one attached hydrogen (secondary N) is 1. The number of carbonyl (C=O) groups is 2. The molecule has 1 aliphatic rings. The number of urea groups is 1. The summed E-state index contributed by atoms with van der Waals surface area (Å²) in [5.41, 5.74) is -0.644. The molecule has 1 aliphatic heterocycles. The van der Waals surface area contributed by atoms with Crippen LogP contribution in [0.25, 0.3) is 0 Å². The van der Waals surface area contributed by atoms with Crippen LogP contribution in [0.1, 0.15) is 5.56 Å². The number of carbonyl (C=O) groups excluding carboxylic acids is 1. The highest BCUT2D eigenvalue weighted by molar-refractivity contribution is 7.99. The zero-order valence-electron chi connectivity index (χ0n) is 10.6. The number of carboxylic acids is 1. The maximum atomic E-state index is 12.4. The molecule has 0 bridgehead atoms. The van der Waals surface area contributed by atoms with E-state index < -0.39 is 29.8 Å². The molecule has 0 radical (unpaired) electrons. The van der Waals surface area contributed by atoms with E-state index in [1.807, 2.05) is 0 Å². The van der Waals surface area contributed by atoms with Crippen molar-refractivity contribution >= 4 is 29.4 Å². The zero-order chi connectivity index (χ0) is 15.6. The van der Waals surface area contributed by atoms with Gasteiger partial charge in [-0.25, -0.2) is 9.59 Å². The number of benzene rings is 1. The molecular formula is C12H11F3N2O3S. The third-order valence-electron chi connectivity index (χ3n) is 2.89. The Morgan fingerprint density at radius 3 is 2.43 bits per heavy atom. The largest absolute Gasteiger partial charge is 0.480 e. The predicted octanol–water partition coefficient (Wildman–Crippen LogP) is 2.70. The molecule has 0 aromatic heterocycles. The summed E-state index contributed by atoms with van der Waals surface area (Å²) in [5.74, 6) is -0.596. The number of halogens is 3. The molecule has 2 rings (SSSR count). The van der Waals surface area contributed by atoms with Gasteiger partial charge in [0.1, 0.15) is 6.04 Å². The van der Waals surface area contributed by atoms with Crippen molar-refractivity contribution in [3.05, 3.63) is 29.8 Å². The second-order valence-corrected chi connectivity index (χ2v) is 5.33. The van der Waals surface area contributed by atoms with Crippen LogP contribution in [0.4, 0.5) is 23.7 Å². The third kappa shape index (κ3) is 3.60. The topological polar surface area (TPSA) is 69.6 Å². The minimum Gasteiger partial charge on any atom is -0.480 e. The van der Waals surface area contributed by atoms with Crippen LogP contribution in [-0.2, 0) is 11.0 Å². The zero-order valence-corrected chi connectivity index (χ0v) is 11.4. The maximum Gasteiger partial charge on any atom is 0.416 e. The van der Waals surface area contributed by atoms with Crippen LogP contribution >= 0.6 is 11.8 Å². The number of thioether (sulfide) groups is 1. The first-order chi connectivity index (χ1) is 9.79. The molecule has 1 unspecified atom stereocenters. The molecule has 1 heterocycles. The van der Waals surface area contributed by atoms with Crippen LogP contribution in [0.15, 0.2) is 24.3 Å². The van der Waals surface area contributed by atoms with Gasteiger partial charge in [0.25, 0.3) is 0 Å². The highest BCUT2D eigenvalue weighted by Gasteiger charge is 2.35. The number of amides is 2. The van der Waals surface area contributed by atoms with E-state index in [0.29, 0.717) is 0 Å². The molecule has 1 fully saturated rings. The number of hydrogen-bond donors (Lipinski definition) is 2. The van der Waals surface area contributed by atoms with Crippen molar-refractivity contribution in [3.8, 4) is 0 Å². The Morgan fingerprint density at radius 2 is 1.90 bits per heavy atom. The standard InChI is InChI=1S/C12H11F3N2O3S/c13-12(14,15)7-1-3-8(4-2-7)16-11(20)17-6-21-5-9(17)10(18)19/h1-4,9H,5-6H2,(H,16,20)(H,18,19). The van der Waals surface area contributed by atoms with E-state index in [4.69, 9.17) is 5.11 Å². The van der Waals surface area contributed by atoms with E-state index in [0.717, 1.165) is 29.2 Å². The van der Waals surface area contributed by atoms with E-state index in [9.17, 15) is 22.8 Å². The molecule has 9 heteroatoms. The van der Waals surface area contributed by atoms with E-state index in [1.54, 1.807) is 0 Å². The van der Waals surface area contributed by atoms with Gasteiger partial charge in [-0.15, -0.1) is 11.8 Å². The molecule has 0 aliphatic carbocycles. The van der Waals surface area contributed by atoms with Crippen molar-refractivity contribution in [3.63, 3.8) is 0 Å². The number of hydrogen-bond acceptors (Lipinski definition) is 3. The van der Waals surface area contributed by atoms with Gasteiger partial charge in [-0.3, -0.25) is 0 Å². The summed E-state index contributed by atoms with van der Waals surface area (Å²) in [7, 11) is 0. The third-order valence-corrected chi connectivity index (χ3v) is 3.90. The molecule has 1 atom stereocenters. The fourth-order valence-corrected chi connectivity index (χ4v) is 2.93. The second kappa shape index (κ2) is 5.84. The van der Waals surface area contributed by atoms with E-state index >= 15 is 0 Å². The Hall–Kier alpha value is -1.90. The fraction of sp³-hybridized carbons (Fsp3) is 0.333. The summed E-state index contributed by atoms with van der Waals surface area (Å²) in [4.78, 5) is 24.0. The molecule has 114 valence electrons.